The van der Waals surface area contributed by atoms with E-state index in [4.69, 9.17) is 9.47 Å². The SMILES string of the molecule is CCOc1ccc(S(=O)(=O)N2CCC(C(=O)OCC(=O)c3ccc(NC(C)=O)cc3)CC2)cc1. The van der Waals surface area contributed by atoms with Gasteiger partial charge in [0, 0.05) is 31.3 Å². The third kappa shape index (κ3) is 6.42. The summed E-state index contributed by atoms with van der Waals surface area (Å²) in [5.74, 6) is -0.964. The number of Topliss-reactive ketones (excluding diaryl/α,β-unsaturated/α-hetero) is 1. The molecule has 2 aromatic rings. The van der Waals surface area contributed by atoms with E-state index in [2.05, 4.69) is 5.32 Å². The van der Waals surface area contributed by atoms with Crippen molar-refractivity contribution in [2.24, 2.45) is 5.92 Å². The average Bonchev–Trinajstić information content (AvgIpc) is 2.83. The molecule has 1 heterocycles. The van der Waals surface area contributed by atoms with Gasteiger partial charge in [0.25, 0.3) is 0 Å². The molecule has 9 nitrogen and oxygen atoms in total. The fourth-order valence-corrected chi connectivity index (χ4v) is 5.11. The van der Waals surface area contributed by atoms with E-state index >= 15 is 0 Å². The Kier molecular flexibility index (Phi) is 8.41. The zero-order chi connectivity index (χ0) is 24.7. The number of nitrogens with one attached hydrogen (secondary N) is 1. The first kappa shape index (κ1) is 25.4. The number of amides is 1. The molecule has 182 valence electrons. The summed E-state index contributed by atoms with van der Waals surface area (Å²) in [6.07, 6.45) is 0.628. The highest BCUT2D eigenvalue weighted by Crippen LogP contribution is 2.26. The number of carbonyl (C=O) groups excluding carboxylic acids is 3. The van der Waals surface area contributed by atoms with Crippen LogP contribution >= 0.6 is 0 Å². The van der Waals surface area contributed by atoms with E-state index in [1.165, 1.54) is 23.4 Å². The van der Waals surface area contributed by atoms with Gasteiger partial charge in [-0.15, -0.1) is 0 Å². The molecule has 1 aliphatic heterocycles. The molecule has 0 saturated carbocycles. The van der Waals surface area contributed by atoms with Crippen LogP contribution in [0.5, 0.6) is 5.75 Å². The second kappa shape index (κ2) is 11.3. The van der Waals surface area contributed by atoms with Gasteiger partial charge in [-0.05, 0) is 68.3 Å². The van der Waals surface area contributed by atoms with Gasteiger partial charge in [0.2, 0.25) is 15.9 Å². The van der Waals surface area contributed by atoms with Gasteiger partial charge in [0.15, 0.2) is 12.4 Å². The maximum Gasteiger partial charge on any atom is 0.309 e. The van der Waals surface area contributed by atoms with Crippen LogP contribution in [0.4, 0.5) is 5.69 Å². The van der Waals surface area contributed by atoms with Crippen LogP contribution in [0.3, 0.4) is 0 Å². The molecule has 0 unspecified atom stereocenters. The van der Waals surface area contributed by atoms with Crippen LogP contribution in [0.15, 0.2) is 53.4 Å². The van der Waals surface area contributed by atoms with Crippen molar-refractivity contribution in [3.8, 4) is 5.75 Å². The molecule has 0 spiro atoms. The average molecular weight is 489 g/mol. The third-order valence-electron chi connectivity index (χ3n) is 5.43. The first-order valence-electron chi connectivity index (χ1n) is 11.0. The van der Waals surface area contributed by atoms with E-state index in [1.54, 1.807) is 36.4 Å². The van der Waals surface area contributed by atoms with E-state index in [9.17, 15) is 22.8 Å². The van der Waals surface area contributed by atoms with Crippen LogP contribution in [-0.2, 0) is 24.3 Å². The molecule has 1 aliphatic rings. The van der Waals surface area contributed by atoms with Gasteiger partial charge in [0.05, 0.1) is 17.4 Å². The van der Waals surface area contributed by atoms with Gasteiger partial charge in [0.1, 0.15) is 5.75 Å². The van der Waals surface area contributed by atoms with Crippen molar-refractivity contribution in [2.45, 2.75) is 31.6 Å². The maximum atomic E-state index is 12.9. The Labute approximate surface area is 199 Å². The molecule has 10 heteroatoms. The molecule has 1 amide bonds. The number of anilines is 1. The predicted molar refractivity (Wildman–Crippen MR) is 125 cm³/mol. The van der Waals surface area contributed by atoms with Crippen molar-refractivity contribution >= 4 is 33.4 Å². The normalized spacial score (nSPS) is 14.9. The molecule has 0 aromatic heterocycles. The number of esters is 1. The standard InChI is InChI=1S/C24H28N2O7S/c1-3-32-21-8-10-22(11-9-21)34(30,31)26-14-12-19(13-15-26)24(29)33-16-23(28)18-4-6-20(7-5-18)25-17(2)27/h4-11,19H,3,12-16H2,1-2H3,(H,25,27). The molecular formula is C24H28N2O7S. The smallest absolute Gasteiger partial charge is 0.309 e. The number of benzene rings is 2. The second-order valence-electron chi connectivity index (χ2n) is 7.87. The molecular weight excluding hydrogens is 460 g/mol. The Balaban J connectivity index is 1.49. The summed E-state index contributed by atoms with van der Waals surface area (Å²) in [6, 6.07) is 12.5. The van der Waals surface area contributed by atoms with Crippen LogP contribution in [0.1, 0.15) is 37.0 Å². The number of ether oxygens (including phenoxy) is 2. The Morgan fingerprint density at radius 2 is 1.62 bits per heavy atom. The third-order valence-corrected chi connectivity index (χ3v) is 7.35. The number of rotatable bonds is 9. The Bertz CT molecular complexity index is 1120. The molecule has 3 rings (SSSR count). The summed E-state index contributed by atoms with van der Waals surface area (Å²) in [7, 11) is -3.67. The van der Waals surface area contributed by atoms with Crippen molar-refractivity contribution in [2.75, 3.05) is 31.6 Å². The van der Waals surface area contributed by atoms with Crippen molar-refractivity contribution in [1.29, 1.82) is 0 Å². The summed E-state index contributed by atoms with van der Waals surface area (Å²) in [6.45, 7) is 3.71. The molecule has 0 radical (unpaired) electrons. The fourth-order valence-electron chi connectivity index (χ4n) is 3.64. The molecule has 34 heavy (non-hydrogen) atoms. The minimum atomic E-state index is -3.67. The summed E-state index contributed by atoms with van der Waals surface area (Å²) in [5, 5.41) is 2.61. The first-order chi connectivity index (χ1) is 16.2. The second-order valence-corrected chi connectivity index (χ2v) is 9.81. The topological polar surface area (TPSA) is 119 Å². The molecule has 2 aromatic carbocycles. The highest BCUT2D eigenvalue weighted by Gasteiger charge is 2.33. The minimum absolute atomic E-state index is 0.173. The van der Waals surface area contributed by atoms with Gasteiger partial charge in [-0.2, -0.15) is 4.31 Å². The van der Waals surface area contributed by atoms with Crippen molar-refractivity contribution in [3.63, 3.8) is 0 Å². The van der Waals surface area contributed by atoms with E-state index in [0.717, 1.165) is 0 Å². The Morgan fingerprint density at radius 1 is 1.00 bits per heavy atom. The van der Waals surface area contributed by atoms with E-state index in [1.807, 2.05) is 6.92 Å². The van der Waals surface area contributed by atoms with Gasteiger partial charge in [-0.1, -0.05) is 0 Å². The van der Waals surface area contributed by atoms with Crippen molar-refractivity contribution < 1.29 is 32.3 Å². The van der Waals surface area contributed by atoms with Crippen LogP contribution in [0.25, 0.3) is 0 Å². The van der Waals surface area contributed by atoms with E-state index < -0.39 is 28.5 Å². The zero-order valence-corrected chi connectivity index (χ0v) is 20.0. The van der Waals surface area contributed by atoms with E-state index in [0.29, 0.717) is 36.4 Å². The number of hydrogen-bond donors (Lipinski definition) is 1. The van der Waals surface area contributed by atoms with Gasteiger partial charge in [-0.25, -0.2) is 8.42 Å². The largest absolute Gasteiger partial charge is 0.494 e. The predicted octanol–water partition coefficient (Wildman–Crippen LogP) is 2.87. The first-order valence-corrected chi connectivity index (χ1v) is 12.4. The van der Waals surface area contributed by atoms with Gasteiger partial charge in [-0.3, -0.25) is 14.4 Å². The van der Waals surface area contributed by atoms with Crippen molar-refractivity contribution in [3.05, 3.63) is 54.1 Å². The molecule has 0 atom stereocenters. The van der Waals surface area contributed by atoms with Crippen LogP contribution in [0, 0.1) is 5.92 Å². The number of piperidine rings is 1. The zero-order valence-electron chi connectivity index (χ0n) is 19.2. The summed E-state index contributed by atoms with van der Waals surface area (Å²) < 4.78 is 37.7. The summed E-state index contributed by atoms with van der Waals surface area (Å²) >= 11 is 0. The fraction of sp³-hybridized carbons (Fsp3) is 0.375. The Morgan fingerprint density at radius 3 is 2.18 bits per heavy atom. The monoisotopic (exact) mass is 488 g/mol. The molecule has 1 saturated heterocycles. The number of ketones is 1. The van der Waals surface area contributed by atoms with E-state index in [-0.39, 0.29) is 29.7 Å². The highest BCUT2D eigenvalue weighted by molar-refractivity contribution is 7.89. The number of sulfonamides is 1. The molecule has 0 aliphatic carbocycles. The highest BCUT2D eigenvalue weighted by atomic mass is 32.2. The molecule has 1 N–H and O–H groups in total. The van der Waals surface area contributed by atoms with Crippen LogP contribution < -0.4 is 10.1 Å². The summed E-state index contributed by atoms with van der Waals surface area (Å²) in [5.41, 5.74) is 0.922. The molecule has 1 fully saturated rings. The van der Waals surface area contributed by atoms with Crippen LogP contribution in [0.2, 0.25) is 0 Å². The Hall–Kier alpha value is -3.24. The number of carbonyl (C=O) groups is 3. The van der Waals surface area contributed by atoms with Gasteiger partial charge < -0.3 is 14.8 Å². The number of hydrogen-bond acceptors (Lipinski definition) is 7. The van der Waals surface area contributed by atoms with Crippen molar-refractivity contribution in [1.82, 2.24) is 4.31 Å². The quantitative estimate of drug-likeness (QED) is 0.426. The van der Waals surface area contributed by atoms with Gasteiger partial charge >= 0.3 is 5.97 Å². The maximum absolute atomic E-state index is 12.9. The lowest BCUT2D eigenvalue weighted by atomic mass is 9.98. The number of nitrogens with zero attached hydrogens (tertiary/aromatic N) is 1. The summed E-state index contributed by atoms with van der Waals surface area (Å²) in [4.78, 5) is 36.0. The lowest BCUT2D eigenvalue weighted by molar-refractivity contribution is -0.148. The molecule has 0 bridgehead atoms. The van der Waals surface area contributed by atoms with Crippen LogP contribution in [-0.4, -0.2) is 56.7 Å². The lowest BCUT2D eigenvalue weighted by Crippen LogP contribution is -2.40. The lowest BCUT2D eigenvalue weighted by Gasteiger charge is -2.30. The minimum Gasteiger partial charge on any atom is -0.494 e.